The molecule has 1 aliphatic rings. The SMILES string of the molecule is CC(C)(C)OC(=O)N1CC[C@H](Oc2nnc(NC(=O)Cc3ccccc3)s2)C1. The molecule has 2 heterocycles. The van der Waals surface area contributed by atoms with E-state index >= 15 is 0 Å². The Kier molecular flexibility index (Phi) is 6.13. The van der Waals surface area contributed by atoms with E-state index < -0.39 is 5.60 Å². The number of aromatic nitrogens is 2. The van der Waals surface area contributed by atoms with Gasteiger partial charge in [-0.3, -0.25) is 4.79 Å². The first-order chi connectivity index (χ1) is 13.3. The molecule has 1 fully saturated rings. The van der Waals surface area contributed by atoms with Crippen molar-refractivity contribution < 1.29 is 19.1 Å². The molecule has 2 aromatic rings. The summed E-state index contributed by atoms with van der Waals surface area (Å²) >= 11 is 1.17. The molecule has 0 unspecified atom stereocenters. The number of carbonyl (C=O) groups is 2. The van der Waals surface area contributed by atoms with Crippen LogP contribution in [0, 0.1) is 0 Å². The van der Waals surface area contributed by atoms with Crippen LogP contribution >= 0.6 is 11.3 Å². The number of anilines is 1. The number of hydrogen-bond acceptors (Lipinski definition) is 7. The van der Waals surface area contributed by atoms with Gasteiger partial charge in [-0.15, -0.1) is 5.10 Å². The van der Waals surface area contributed by atoms with Crippen molar-refractivity contribution in [3.8, 4) is 5.19 Å². The maximum atomic E-state index is 12.1. The summed E-state index contributed by atoms with van der Waals surface area (Å²) < 4.78 is 11.2. The Morgan fingerprint density at radius 2 is 2.00 bits per heavy atom. The average Bonchev–Trinajstić information content (AvgIpc) is 3.24. The molecule has 0 bridgehead atoms. The molecular weight excluding hydrogens is 380 g/mol. The second kappa shape index (κ2) is 8.55. The summed E-state index contributed by atoms with van der Waals surface area (Å²) in [5, 5.41) is 11.4. The van der Waals surface area contributed by atoms with Crippen molar-refractivity contribution in [3.63, 3.8) is 0 Å². The van der Waals surface area contributed by atoms with Crippen LogP contribution in [0.1, 0.15) is 32.8 Å². The molecule has 0 saturated carbocycles. The fourth-order valence-electron chi connectivity index (χ4n) is 2.71. The summed E-state index contributed by atoms with van der Waals surface area (Å²) in [5.41, 5.74) is 0.399. The van der Waals surface area contributed by atoms with Crippen molar-refractivity contribution >= 4 is 28.5 Å². The number of benzene rings is 1. The third-order valence-corrected chi connectivity index (χ3v) is 4.65. The third-order valence-electron chi connectivity index (χ3n) is 3.92. The largest absolute Gasteiger partial charge is 0.464 e. The van der Waals surface area contributed by atoms with E-state index in [1.54, 1.807) is 4.90 Å². The van der Waals surface area contributed by atoms with Crippen LogP contribution in [0.4, 0.5) is 9.93 Å². The first-order valence-corrected chi connectivity index (χ1v) is 9.92. The number of carbonyl (C=O) groups excluding carboxylic acids is 2. The zero-order valence-electron chi connectivity index (χ0n) is 16.2. The Morgan fingerprint density at radius 3 is 2.71 bits per heavy atom. The number of likely N-dealkylation sites (tertiary alicyclic amines) is 1. The van der Waals surface area contributed by atoms with E-state index in [1.165, 1.54) is 11.3 Å². The van der Waals surface area contributed by atoms with Crippen molar-refractivity contribution in [1.82, 2.24) is 15.1 Å². The van der Waals surface area contributed by atoms with Gasteiger partial charge in [0.25, 0.3) is 5.19 Å². The van der Waals surface area contributed by atoms with Crippen molar-refractivity contribution in [2.45, 2.75) is 45.3 Å². The molecule has 8 nitrogen and oxygen atoms in total. The predicted octanol–water partition coefficient (Wildman–Crippen LogP) is 3.11. The van der Waals surface area contributed by atoms with Crippen LogP contribution in [0.3, 0.4) is 0 Å². The van der Waals surface area contributed by atoms with Gasteiger partial charge in [0.15, 0.2) is 0 Å². The van der Waals surface area contributed by atoms with Crippen molar-refractivity contribution in [2.75, 3.05) is 18.4 Å². The van der Waals surface area contributed by atoms with Crippen LogP contribution in [-0.2, 0) is 16.0 Å². The molecule has 1 saturated heterocycles. The molecule has 3 rings (SSSR count). The molecule has 1 atom stereocenters. The fourth-order valence-corrected chi connectivity index (χ4v) is 3.39. The predicted molar refractivity (Wildman–Crippen MR) is 106 cm³/mol. The van der Waals surface area contributed by atoms with Crippen LogP contribution < -0.4 is 10.1 Å². The fraction of sp³-hybridized carbons (Fsp3) is 0.474. The molecule has 1 aliphatic heterocycles. The second-order valence-corrected chi connectivity index (χ2v) is 8.48. The second-order valence-electron chi connectivity index (χ2n) is 7.54. The maximum absolute atomic E-state index is 12.1. The van der Waals surface area contributed by atoms with Gasteiger partial charge >= 0.3 is 6.09 Å². The maximum Gasteiger partial charge on any atom is 0.410 e. The normalized spacial score (nSPS) is 16.7. The van der Waals surface area contributed by atoms with Crippen LogP contribution in [0.2, 0.25) is 0 Å². The lowest BCUT2D eigenvalue weighted by molar-refractivity contribution is -0.115. The lowest BCUT2D eigenvalue weighted by Crippen LogP contribution is -2.36. The van der Waals surface area contributed by atoms with Gasteiger partial charge in [-0.2, -0.15) is 0 Å². The molecule has 0 radical (unpaired) electrons. The molecule has 2 amide bonds. The first-order valence-electron chi connectivity index (χ1n) is 9.10. The van der Waals surface area contributed by atoms with E-state index in [4.69, 9.17) is 9.47 Å². The summed E-state index contributed by atoms with van der Waals surface area (Å²) in [6.07, 6.45) is 0.441. The standard InChI is InChI=1S/C19H24N4O4S/c1-19(2,3)27-18(25)23-10-9-14(12-23)26-17-22-21-16(28-17)20-15(24)11-13-7-5-4-6-8-13/h4-8,14H,9-12H2,1-3H3,(H,20,21,24)/t14-/m0/s1. The average molecular weight is 404 g/mol. The minimum absolute atomic E-state index is 0.161. The van der Waals surface area contributed by atoms with E-state index in [0.29, 0.717) is 29.8 Å². The highest BCUT2D eigenvalue weighted by molar-refractivity contribution is 7.17. The van der Waals surface area contributed by atoms with Gasteiger partial charge in [0, 0.05) is 13.0 Å². The quantitative estimate of drug-likeness (QED) is 0.823. The number of rotatable bonds is 5. The summed E-state index contributed by atoms with van der Waals surface area (Å²) in [6.45, 7) is 6.51. The van der Waals surface area contributed by atoms with Gasteiger partial charge < -0.3 is 19.7 Å². The first kappa shape index (κ1) is 20.1. The summed E-state index contributed by atoms with van der Waals surface area (Å²) in [4.78, 5) is 25.8. The van der Waals surface area contributed by atoms with Gasteiger partial charge in [-0.25, -0.2) is 4.79 Å². The lowest BCUT2D eigenvalue weighted by Gasteiger charge is -2.24. The molecule has 1 aromatic heterocycles. The molecule has 150 valence electrons. The minimum atomic E-state index is -0.526. The minimum Gasteiger partial charge on any atom is -0.464 e. The van der Waals surface area contributed by atoms with E-state index in [-0.39, 0.29) is 24.5 Å². The molecule has 1 N–H and O–H groups in total. The summed E-state index contributed by atoms with van der Waals surface area (Å²) in [5.74, 6) is -0.161. The molecule has 0 spiro atoms. The Bertz CT molecular complexity index is 819. The molecule has 28 heavy (non-hydrogen) atoms. The van der Waals surface area contributed by atoms with E-state index in [2.05, 4.69) is 15.5 Å². The number of nitrogens with one attached hydrogen (secondary N) is 1. The lowest BCUT2D eigenvalue weighted by atomic mass is 10.1. The number of hydrogen-bond donors (Lipinski definition) is 1. The topological polar surface area (TPSA) is 93.7 Å². The van der Waals surface area contributed by atoms with Crippen LogP contribution in [0.5, 0.6) is 5.19 Å². The Balaban J connectivity index is 1.47. The van der Waals surface area contributed by atoms with E-state index in [9.17, 15) is 9.59 Å². The highest BCUT2D eigenvalue weighted by Gasteiger charge is 2.31. The third kappa shape index (κ3) is 5.91. The van der Waals surface area contributed by atoms with Gasteiger partial charge in [-0.1, -0.05) is 35.4 Å². The van der Waals surface area contributed by atoms with E-state index in [0.717, 1.165) is 5.56 Å². The Morgan fingerprint density at radius 1 is 1.25 bits per heavy atom. The van der Waals surface area contributed by atoms with Crippen LogP contribution in [0.15, 0.2) is 30.3 Å². The van der Waals surface area contributed by atoms with Gasteiger partial charge in [-0.05, 0) is 37.7 Å². The van der Waals surface area contributed by atoms with Gasteiger partial charge in [0.2, 0.25) is 11.0 Å². The van der Waals surface area contributed by atoms with E-state index in [1.807, 2.05) is 51.1 Å². The van der Waals surface area contributed by atoms with Crippen LogP contribution in [0.25, 0.3) is 0 Å². The number of ether oxygens (including phenoxy) is 2. The Labute approximate surface area is 167 Å². The highest BCUT2D eigenvalue weighted by Crippen LogP contribution is 2.26. The van der Waals surface area contributed by atoms with Crippen molar-refractivity contribution in [1.29, 1.82) is 0 Å². The molecule has 9 heteroatoms. The van der Waals surface area contributed by atoms with Gasteiger partial charge in [0.05, 0.1) is 13.0 Å². The molecule has 1 aromatic carbocycles. The van der Waals surface area contributed by atoms with Crippen molar-refractivity contribution in [2.24, 2.45) is 0 Å². The highest BCUT2D eigenvalue weighted by atomic mass is 32.1. The summed E-state index contributed by atoms with van der Waals surface area (Å²) in [7, 11) is 0. The van der Waals surface area contributed by atoms with Gasteiger partial charge in [0.1, 0.15) is 11.7 Å². The van der Waals surface area contributed by atoms with Crippen LogP contribution in [-0.4, -0.2) is 51.9 Å². The zero-order chi connectivity index (χ0) is 20.1. The number of nitrogens with zero attached hydrogens (tertiary/aromatic N) is 3. The molecular formula is C19H24N4O4S. The van der Waals surface area contributed by atoms with Crippen molar-refractivity contribution in [3.05, 3.63) is 35.9 Å². The Hall–Kier alpha value is -2.68. The smallest absolute Gasteiger partial charge is 0.410 e. The summed E-state index contributed by atoms with van der Waals surface area (Å²) in [6, 6.07) is 9.47. The zero-order valence-corrected chi connectivity index (χ0v) is 17.0. The monoisotopic (exact) mass is 404 g/mol. The number of amides is 2. The molecule has 0 aliphatic carbocycles.